The number of methoxy groups -OCH3 is 1. The average Bonchev–Trinajstić information content (AvgIpc) is 3.22. The predicted molar refractivity (Wildman–Crippen MR) is 138 cm³/mol. The van der Waals surface area contributed by atoms with Gasteiger partial charge in [-0.25, -0.2) is 9.78 Å². The Balaban J connectivity index is 1.42. The van der Waals surface area contributed by atoms with Crippen molar-refractivity contribution in [3.63, 3.8) is 0 Å². The van der Waals surface area contributed by atoms with Crippen LogP contribution in [-0.2, 0) is 22.5 Å². The SMILES string of the molecule is COC(=O)c1cc(-c2sc3ccc(CCOCc4ccccc4)cc3c2C)nc2ccccc12. The fraction of sp³-hybridized carbons (Fsp3) is 0.172. The fourth-order valence-corrected chi connectivity index (χ4v) is 5.34. The van der Waals surface area contributed by atoms with Crippen LogP contribution < -0.4 is 0 Å². The van der Waals surface area contributed by atoms with Crippen molar-refractivity contribution >= 4 is 38.3 Å². The number of hydrogen-bond donors (Lipinski definition) is 0. The van der Waals surface area contributed by atoms with Crippen LogP contribution in [0.1, 0.15) is 27.0 Å². The number of hydrogen-bond acceptors (Lipinski definition) is 5. The summed E-state index contributed by atoms with van der Waals surface area (Å²) >= 11 is 1.70. The molecule has 0 spiro atoms. The standard InChI is InChI=1S/C29H25NO3S/c1-19-23-16-20(14-15-33-18-21-8-4-3-5-9-21)12-13-27(23)34-28(19)26-17-24(29(31)32-2)22-10-6-7-11-25(22)30-26/h3-13,16-17H,14-15,18H2,1-2H3. The Hall–Kier alpha value is -3.54. The van der Waals surface area contributed by atoms with Crippen molar-refractivity contribution in [2.24, 2.45) is 0 Å². The Bertz CT molecular complexity index is 1470. The van der Waals surface area contributed by atoms with Gasteiger partial charge in [-0.05, 0) is 59.7 Å². The number of thiophene rings is 1. The third-order valence-corrected chi connectivity index (χ3v) is 7.30. The molecule has 2 heterocycles. The highest BCUT2D eigenvalue weighted by atomic mass is 32.1. The van der Waals surface area contributed by atoms with Crippen LogP contribution in [0.2, 0.25) is 0 Å². The highest BCUT2D eigenvalue weighted by Gasteiger charge is 2.18. The quantitative estimate of drug-likeness (QED) is 0.192. The lowest BCUT2D eigenvalue weighted by molar-refractivity contribution is 0.0603. The van der Waals surface area contributed by atoms with Crippen LogP contribution in [0.15, 0.2) is 78.9 Å². The Morgan fingerprint density at radius 3 is 2.53 bits per heavy atom. The number of para-hydroxylation sites is 1. The maximum Gasteiger partial charge on any atom is 0.338 e. The van der Waals surface area contributed by atoms with Crippen molar-refractivity contribution in [1.82, 2.24) is 4.98 Å². The van der Waals surface area contributed by atoms with E-state index in [2.05, 4.69) is 37.3 Å². The smallest absolute Gasteiger partial charge is 0.338 e. The van der Waals surface area contributed by atoms with Crippen molar-refractivity contribution < 1.29 is 14.3 Å². The Kier molecular flexibility index (Phi) is 6.39. The molecule has 4 nitrogen and oxygen atoms in total. The Morgan fingerprint density at radius 1 is 0.912 bits per heavy atom. The molecule has 2 aromatic heterocycles. The molecule has 0 aliphatic heterocycles. The molecule has 0 saturated carbocycles. The van der Waals surface area contributed by atoms with Crippen molar-refractivity contribution in [1.29, 1.82) is 0 Å². The number of carbonyl (C=O) groups excluding carboxylic acids is 1. The van der Waals surface area contributed by atoms with Gasteiger partial charge in [0.2, 0.25) is 0 Å². The normalized spacial score (nSPS) is 11.2. The lowest BCUT2D eigenvalue weighted by Gasteiger charge is -2.08. The maximum absolute atomic E-state index is 12.5. The van der Waals surface area contributed by atoms with Gasteiger partial charge < -0.3 is 9.47 Å². The zero-order valence-corrected chi connectivity index (χ0v) is 20.0. The minimum Gasteiger partial charge on any atom is -0.465 e. The number of carbonyl (C=O) groups is 1. The molecule has 5 aromatic rings. The number of aromatic nitrogens is 1. The Labute approximate surface area is 202 Å². The molecule has 3 aromatic carbocycles. The largest absolute Gasteiger partial charge is 0.465 e. The molecule has 0 unspecified atom stereocenters. The van der Waals surface area contributed by atoms with E-state index in [0.29, 0.717) is 18.8 Å². The topological polar surface area (TPSA) is 48.4 Å². The van der Waals surface area contributed by atoms with Gasteiger partial charge >= 0.3 is 5.97 Å². The van der Waals surface area contributed by atoms with Crippen LogP contribution in [-0.4, -0.2) is 24.7 Å². The van der Waals surface area contributed by atoms with Gasteiger partial charge in [-0.1, -0.05) is 54.6 Å². The first-order valence-electron chi connectivity index (χ1n) is 11.3. The number of benzene rings is 3. The first-order valence-corrected chi connectivity index (χ1v) is 12.1. The minimum atomic E-state index is -0.351. The summed E-state index contributed by atoms with van der Waals surface area (Å²) in [5, 5.41) is 2.02. The highest BCUT2D eigenvalue weighted by molar-refractivity contribution is 7.22. The number of aryl methyl sites for hydroxylation is 1. The van der Waals surface area contributed by atoms with E-state index in [-0.39, 0.29) is 5.97 Å². The monoisotopic (exact) mass is 467 g/mol. The van der Waals surface area contributed by atoms with Gasteiger partial charge in [0, 0.05) is 10.1 Å². The number of fused-ring (bicyclic) bond motifs is 2. The highest BCUT2D eigenvalue weighted by Crippen LogP contribution is 2.39. The van der Waals surface area contributed by atoms with E-state index < -0.39 is 0 Å². The molecular formula is C29H25NO3S. The van der Waals surface area contributed by atoms with E-state index >= 15 is 0 Å². The predicted octanol–water partition coefficient (Wildman–Crippen LogP) is 6.97. The first kappa shape index (κ1) is 22.3. The van der Waals surface area contributed by atoms with Gasteiger partial charge in [0.15, 0.2) is 0 Å². The zero-order valence-electron chi connectivity index (χ0n) is 19.2. The number of pyridine rings is 1. The van der Waals surface area contributed by atoms with E-state index in [1.807, 2.05) is 48.5 Å². The molecule has 5 rings (SSSR count). The molecule has 0 atom stereocenters. The zero-order chi connectivity index (χ0) is 23.5. The molecular weight excluding hydrogens is 442 g/mol. The molecule has 0 radical (unpaired) electrons. The molecule has 0 aliphatic rings. The van der Waals surface area contributed by atoms with E-state index in [1.165, 1.54) is 33.9 Å². The van der Waals surface area contributed by atoms with Gasteiger partial charge in [0.1, 0.15) is 0 Å². The average molecular weight is 468 g/mol. The molecule has 170 valence electrons. The second-order valence-electron chi connectivity index (χ2n) is 8.24. The molecule has 0 amide bonds. The summed E-state index contributed by atoms with van der Waals surface area (Å²) < 4.78 is 12.1. The molecule has 0 N–H and O–H groups in total. The summed E-state index contributed by atoms with van der Waals surface area (Å²) in [5.41, 5.74) is 5.72. The van der Waals surface area contributed by atoms with Crippen molar-refractivity contribution in [3.05, 3.63) is 101 Å². The van der Waals surface area contributed by atoms with Gasteiger partial charge in [0.05, 0.1) is 42.0 Å². The summed E-state index contributed by atoms with van der Waals surface area (Å²) in [4.78, 5) is 18.4. The number of rotatable bonds is 7. The summed E-state index contributed by atoms with van der Waals surface area (Å²) in [5.74, 6) is -0.351. The van der Waals surface area contributed by atoms with Crippen LogP contribution in [0.5, 0.6) is 0 Å². The maximum atomic E-state index is 12.5. The summed E-state index contributed by atoms with van der Waals surface area (Å²) in [6.45, 7) is 3.42. The van der Waals surface area contributed by atoms with Gasteiger partial charge in [-0.2, -0.15) is 0 Å². The summed E-state index contributed by atoms with van der Waals surface area (Å²) in [6.07, 6.45) is 0.855. The minimum absolute atomic E-state index is 0.351. The van der Waals surface area contributed by atoms with Crippen molar-refractivity contribution in [2.45, 2.75) is 20.0 Å². The van der Waals surface area contributed by atoms with E-state index in [4.69, 9.17) is 14.5 Å². The third-order valence-electron chi connectivity index (χ3n) is 6.00. The van der Waals surface area contributed by atoms with Gasteiger partial charge in [-0.3, -0.25) is 0 Å². The van der Waals surface area contributed by atoms with E-state index in [9.17, 15) is 4.79 Å². The third kappa shape index (κ3) is 4.45. The fourth-order valence-electron chi connectivity index (χ4n) is 4.19. The van der Waals surface area contributed by atoms with Crippen molar-refractivity contribution in [2.75, 3.05) is 13.7 Å². The second-order valence-corrected chi connectivity index (χ2v) is 9.29. The number of nitrogens with zero attached hydrogens (tertiary/aromatic N) is 1. The molecule has 0 fully saturated rings. The molecule has 0 saturated heterocycles. The second kappa shape index (κ2) is 9.75. The van der Waals surface area contributed by atoms with Crippen LogP contribution in [0.25, 0.3) is 31.6 Å². The number of ether oxygens (including phenoxy) is 2. The summed E-state index contributed by atoms with van der Waals surface area (Å²) in [6, 6.07) is 26.4. The molecule has 0 aliphatic carbocycles. The summed E-state index contributed by atoms with van der Waals surface area (Å²) in [7, 11) is 1.41. The number of esters is 1. The van der Waals surface area contributed by atoms with Crippen LogP contribution in [0.4, 0.5) is 0 Å². The lowest BCUT2D eigenvalue weighted by atomic mass is 10.0. The van der Waals surface area contributed by atoms with E-state index in [0.717, 1.165) is 27.9 Å². The van der Waals surface area contributed by atoms with Gasteiger partial charge in [0.25, 0.3) is 0 Å². The van der Waals surface area contributed by atoms with Crippen LogP contribution in [0.3, 0.4) is 0 Å². The molecule has 0 bridgehead atoms. The lowest BCUT2D eigenvalue weighted by Crippen LogP contribution is -2.03. The first-order chi connectivity index (χ1) is 16.6. The molecule has 34 heavy (non-hydrogen) atoms. The Morgan fingerprint density at radius 2 is 1.71 bits per heavy atom. The van der Waals surface area contributed by atoms with Crippen molar-refractivity contribution in [3.8, 4) is 10.6 Å². The van der Waals surface area contributed by atoms with Crippen LogP contribution >= 0.6 is 11.3 Å². The van der Waals surface area contributed by atoms with Crippen LogP contribution in [0, 0.1) is 6.92 Å². The molecule has 5 heteroatoms. The van der Waals surface area contributed by atoms with E-state index in [1.54, 1.807) is 11.3 Å². The van der Waals surface area contributed by atoms with Gasteiger partial charge in [-0.15, -0.1) is 11.3 Å².